The van der Waals surface area contributed by atoms with Gasteiger partial charge in [-0.3, -0.25) is 9.78 Å². The summed E-state index contributed by atoms with van der Waals surface area (Å²) in [6, 6.07) is 13.7. The van der Waals surface area contributed by atoms with Crippen LogP contribution >= 0.6 is 0 Å². The maximum atomic E-state index is 12.6. The van der Waals surface area contributed by atoms with E-state index in [0.29, 0.717) is 29.8 Å². The summed E-state index contributed by atoms with van der Waals surface area (Å²) < 4.78 is 0. The van der Waals surface area contributed by atoms with Crippen LogP contribution in [0.5, 0.6) is 0 Å². The summed E-state index contributed by atoms with van der Waals surface area (Å²) in [5.41, 5.74) is 5.15. The molecule has 150 valence electrons. The molecule has 0 saturated heterocycles. The van der Waals surface area contributed by atoms with Crippen LogP contribution in [0.25, 0.3) is 0 Å². The first kappa shape index (κ1) is 20.5. The molecule has 3 aromatic rings. The zero-order chi connectivity index (χ0) is 20.8. The molecule has 0 radical (unpaired) electrons. The topological polar surface area (TPSA) is 66.9 Å². The van der Waals surface area contributed by atoms with Gasteiger partial charge in [-0.1, -0.05) is 45.9 Å². The molecule has 0 atom stereocenters. The average Bonchev–Trinajstić information content (AvgIpc) is 2.72. The number of carbonyl (C=O) groups excluding carboxylic acids is 1. The Morgan fingerprint density at radius 2 is 1.59 bits per heavy atom. The summed E-state index contributed by atoms with van der Waals surface area (Å²) >= 11 is 0. The van der Waals surface area contributed by atoms with Crippen molar-refractivity contribution in [3.63, 3.8) is 0 Å². The highest BCUT2D eigenvalue weighted by Crippen LogP contribution is 2.34. The van der Waals surface area contributed by atoms with Crippen LogP contribution in [0, 0.1) is 0 Å². The zero-order valence-electron chi connectivity index (χ0n) is 17.4. The van der Waals surface area contributed by atoms with Crippen molar-refractivity contribution >= 4 is 17.4 Å². The van der Waals surface area contributed by atoms with Gasteiger partial charge in [-0.05, 0) is 52.8 Å². The lowest BCUT2D eigenvalue weighted by molar-refractivity contribution is 0.0951. The Kier molecular flexibility index (Phi) is 6.60. The molecule has 2 heterocycles. The second-order valence-electron chi connectivity index (χ2n) is 7.71. The Morgan fingerprint density at radius 1 is 0.931 bits per heavy atom. The summed E-state index contributed by atoms with van der Waals surface area (Å²) in [7, 11) is 0. The largest absolute Gasteiger partial charge is 0.348 e. The molecule has 29 heavy (non-hydrogen) atoms. The number of nitrogens with one attached hydrogen (secondary N) is 2. The number of carbonyl (C=O) groups is 1. The molecule has 0 bridgehead atoms. The van der Waals surface area contributed by atoms with Gasteiger partial charge in [0.25, 0.3) is 5.91 Å². The van der Waals surface area contributed by atoms with Gasteiger partial charge in [0.05, 0.1) is 0 Å². The third-order valence-electron chi connectivity index (χ3n) is 4.85. The van der Waals surface area contributed by atoms with Crippen molar-refractivity contribution in [2.45, 2.75) is 46.1 Å². The van der Waals surface area contributed by atoms with Crippen LogP contribution in [-0.2, 0) is 6.54 Å². The minimum absolute atomic E-state index is 0.131. The SMILES string of the molecule is CC(C)c1cccc(C(C)C)c1Nc1cc(C(=O)NCc2ccncc2)ccn1. The van der Waals surface area contributed by atoms with E-state index >= 15 is 0 Å². The first-order valence-electron chi connectivity index (χ1n) is 9.98. The van der Waals surface area contributed by atoms with Crippen molar-refractivity contribution in [3.05, 3.63) is 83.3 Å². The quantitative estimate of drug-likeness (QED) is 0.569. The molecule has 5 heteroatoms. The normalized spacial score (nSPS) is 11.0. The van der Waals surface area contributed by atoms with Crippen LogP contribution in [0.15, 0.2) is 61.1 Å². The van der Waals surface area contributed by atoms with Crippen LogP contribution in [0.1, 0.15) is 66.6 Å². The molecule has 0 saturated carbocycles. The number of para-hydroxylation sites is 1. The molecule has 5 nitrogen and oxygen atoms in total. The second kappa shape index (κ2) is 9.32. The average molecular weight is 389 g/mol. The second-order valence-corrected chi connectivity index (χ2v) is 7.71. The fourth-order valence-corrected chi connectivity index (χ4v) is 3.25. The van der Waals surface area contributed by atoms with Gasteiger partial charge in [0, 0.05) is 36.4 Å². The number of aromatic nitrogens is 2. The van der Waals surface area contributed by atoms with E-state index in [2.05, 4.69) is 66.5 Å². The number of amides is 1. The Labute approximate surface area is 172 Å². The van der Waals surface area contributed by atoms with Gasteiger partial charge < -0.3 is 10.6 Å². The van der Waals surface area contributed by atoms with Crippen molar-refractivity contribution in [3.8, 4) is 0 Å². The lowest BCUT2D eigenvalue weighted by Crippen LogP contribution is -2.23. The van der Waals surface area contributed by atoms with Crippen molar-refractivity contribution in [2.24, 2.45) is 0 Å². The molecule has 2 N–H and O–H groups in total. The molecular weight excluding hydrogens is 360 g/mol. The van der Waals surface area contributed by atoms with E-state index in [1.165, 1.54) is 11.1 Å². The predicted octanol–water partition coefficient (Wildman–Crippen LogP) is 5.40. The number of hydrogen-bond donors (Lipinski definition) is 2. The van der Waals surface area contributed by atoms with E-state index < -0.39 is 0 Å². The highest BCUT2D eigenvalue weighted by atomic mass is 16.1. The first-order chi connectivity index (χ1) is 14.0. The standard InChI is InChI=1S/C24H28N4O/c1-16(2)20-6-5-7-21(17(3)4)23(20)28-22-14-19(10-13-26-22)24(29)27-15-18-8-11-25-12-9-18/h5-14,16-17H,15H2,1-4H3,(H,26,28)(H,27,29). The molecule has 0 spiro atoms. The van der Waals surface area contributed by atoms with E-state index in [9.17, 15) is 4.79 Å². The van der Waals surface area contributed by atoms with E-state index in [0.717, 1.165) is 11.3 Å². The third kappa shape index (κ3) is 5.19. The highest BCUT2D eigenvalue weighted by Gasteiger charge is 2.15. The van der Waals surface area contributed by atoms with Gasteiger partial charge in [-0.25, -0.2) is 4.98 Å². The number of anilines is 2. The fourth-order valence-electron chi connectivity index (χ4n) is 3.25. The predicted molar refractivity (Wildman–Crippen MR) is 118 cm³/mol. The molecule has 0 unspecified atom stereocenters. The lowest BCUT2D eigenvalue weighted by Gasteiger charge is -2.20. The molecule has 1 aromatic carbocycles. The number of hydrogen-bond acceptors (Lipinski definition) is 4. The van der Waals surface area contributed by atoms with Gasteiger partial charge in [0.15, 0.2) is 0 Å². The molecule has 0 aliphatic carbocycles. The maximum absolute atomic E-state index is 12.6. The summed E-state index contributed by atoms with van der Waals surface area (Å²) in [5, 5.41) is 6.42. The number of benzene rings is 1. The monoisotopic (exact) mass is 388 g/mol. The summed E-state index contributed by atoms with van der Waals surface area (Å²) in [6.07, 6.45) is 5.10. The molecule has 0 fully saturated rings. The maximum Gasteiger partial charge on any atom is 0.251 e. The van der Waals surface area contributed by atoms with Gasteiger partial charge >= 0.3 is 0 Å². The van der Waals surface area contributed by atoms with Gasteiger partial charge in [-0.2, -0.15) is 0 Å². The number of rotatable bonds is 7. The zero-order valence-corrected chi connectivity index (χ0v) is 17.4. The minimum atomic E-state index is -0.131. The molecule has 2 aromatic heterocycles. The lowest BCUT2D eigenvalue weighted by atomic mass is 9.92. The molecular formula is C24H28N4O. The number of pyridine rings is 2. The van der Waals surface area contributed by atoms with Crippen molar-refractivity contribution in [1.82, 2.24) is 15.3 Å². The Bertz CT molecular complexity index is 941. The van der Waals surface area contributed by atoms with Crippen LogP contribution < -0.4 is 10.6 Å². The Balaban J connectivity index is 1.81. The van der Waals surface area contributed by atoms with Gasteiger partial charge in [-0.15, -0.1) is 0 Å². The molecule has 0 aliphatic rings. The van der Waals surface area contributed by atoms with Crippen LogP contribution in [0.4, 0.5) is 11.5 Å². The Morgan fingerprint density at radius 3 is 2.21 bits per heavy atom. The van der Waals surface area contributed by atoms with E-state index in [1.807, 2.05) is 12.1 Å². The van der Waals surface area contributed by atoms with Crippen LogP contribution in [0.2, 0.25) is 0 Å². The van der Waals surface area contributed by atoms with E-state index in [4.69, 9.17) is 0 Å². The van der Waals surface area contributed by atoms with E-state index in [-0.39, 0.29) is 5.91 Å². The fraction of sp³-hybridized carbons (Fsp3) is 0.292. The van der Waals surface area contributed by atoms with Crippen molar-refractivity contribution in [1.29, 1.82) is 0 Å². The van der Waals surface area contributed by atoms with Crippen molar-refractivity contribution in [2.75, 3.05) is 5.32 Å². The van der Waals surface area contributed by atoms with Crippen molar-refractivity contribution < 1.29 is 4.79 Å². The van der Waals surface area contributed by atoms with Crippen LogP contribution in [-0.4, -0.2) is 15.9 Å². The Hall–Kier alpha value is -3.21. The summed E-state index contributed by atoms with van der Waals surface area (Å²) in [5.74, 6) is 1.29. The van der Waals surface area contributed by atoms with Gasteiger partial charge in [0.1, 0.15) is 5.82 Å². The van der Waals surface area contributed by atoms with Crippen LogP contribution in [0.3, 0.4) is 0 Å². The smallest absolute Gasteiger partial charge is 0.251 e. The summed E-state index contributed by atoms with van der Waals surface area (Å²) in [6.45, 7) is 9.18. The van der Waals surface area contributed by atoms with Gasteiger partial charge in [0.2, 0.25) is 0 Å². The molecule has 1 amide bonds. The molecule has 0 aliphatic heterocycles. The minimum Gasteiger partial charge on any atom is -0.348 e. The highest BCUT2D eigenvalue weighted by molar-refractivity contribution is 5.94. The third-order valence-corrected chi connectivity index (χ3v) is 4.85. The first-order valence-corrected chi connectivity index (χ1v) is 9.98. The number of nitrogens with zero attached hydrogens (tertiary/aromatic N) is 2. The van der Waals surface area contributed by atoms with E-state index in [1.54, 1.807) is 30.7 Å². The summed E-state index contributed by atoms with van der Waals surface area (Å²) in [4.78, 5) is 21.0. The molecule has 3 rings (SSSR count).